The van der Waals surface area contributed by atoms with Crippen molar-refractivity contribution in [2.45, 2.75) is 19.4 Å². The lowest BCUT2D eigenvalue weighted by atomic mass is 9.94. The lowest BCUT2D eigenvalue weighted by molar-refractivity contribution is -0.385. The molecule has 1 saturated heterocycles. The number of nitrogens with zero attached hydrogens (tertiary/aromatic N) is 1. The van der Waals surface area contributed by atoms with Crippen molar-refractivity contribution in [2.75, 3.05) is 20.2 Å². The van der Waals surface area contributed by atoms with Gasteiger partial charge in [-0.2, -0.15) is 0 Å². The Balaban J connectivity index is 2.15. The van der Waals surface area contributed by atoms with Crippen LogP contribution in [0.15, 0.2) is 18.2 Å². The smallest absolute Gasteiger partial charge is 0.311 e. The standard InChI is InChI=1S/C14H19N3O4/c1-9-5-6-15-8-11(9)16-14(18)10-3-4-13(21-2)12(7-10)17(19)20/h3-4,7,9,11,15H,5-6,8H2,1-2H3,(H,16,18). The molecule has 114 valence electrons. The SMILES string of the molecule is COc1ccc(C(=O)NC2CNCCC2C)cc1[N+](=O)[O-]. The van der Waals surface area contributed by atoms with Crippen molar-refractivity contribution in [2.24, 2.45) is 5.92 Å². The number of piperidine rings is 1. The summed E-state index contributed by atoms with van der Waals surface area (Å²) in [6, 6.07) is 4.25. The Labute approximate surface area is 122 Å². The van der Waals surface area contributed by atoms with Crippen molar-refractivity contribution in [3.8, 4) is 5.75 Å². The maximum Gasteiger partial charge on any atom is 0.311 e. The summed E-state index contributed by atoms with van der Waals surface area (Å²) < 4.78 is 4.93. The summed E-state index contributed by atoms with van der Waals surface area (Å²) >= 11 is 0. The average Bonchev–Trinajstić information content (AvgIpc) is 2.48. The van der Waals surface area contributed by atoms with Crippen molar-refractivity contribution in [1.29, 1.82) is 0 Å². The summed E-state index contributed by atoms with van der Waals surface area (Å²) in [6.07, 6.45) is 0.994. The Kier molecular flexibility index (Phi) is 4.74. The van der Waals surface area contributed by atoms with E-state index in [4.69, 9.17) is 4.74 Å². The van der Waals surface area contributed by atoms with Crippen LogP contribution in [0, 0.1) is 16.0 Å². The third-order valence-corrected chi connectivity index (χ3v) is 3.78. The highest BCUT2D eigenvalue weighted by molar-refractivity contribution is 5.95. The van der Waals surface area contributed by atoms with E-state index in [1.165, 1.54) is 25.3 Å². The molecule has 1 fully saturated rings. The Morgan fingerprint density at radius 2 is 2.29 bits per heavy atom. The third kappa shape index (κ3) is 3.49. The van der Waals surface area contributed by atoms with Crippen LogP contribution in [-0.2, 0) is 0 Å². The van der Waals surface area contributed by atoms with E-state index in [9.17, 15) is 14.9 Å². The van der Waals surface area contributed by atoms with Crippen molar-refractivity contribution >= 4 is 11.6 Å². The van der Waals surface area contributed by atoms with Crippen LogP contribution in [0.25, 0.3) is 0 Å². The molecular formula is C14H19N3O4. The first-order valence-electron chi connectivity index (χ1n) is 6.87. The number of methoxy groups -OCH3 is 1. The van der Waals surface area contributed by atoms with Gasteiger partial charge in [-0.3, -0.25) is 14.9 Å². The van der Waals surface area contributed by atoms with Crippen LogP contribution in [0.2, 0.25) is 0 Å². The van der Waals surface area contributed by atoms with Crippen LogP contribution in [0.3, 0.4) is 0 Å². The van der Waals surface area contributed by atoms with E-state index in [1.54, 1.807) is 0 Å². The summed E-state index contributed by atoms with van der Waals surface area (Å²) in [5.74, 6) is 0.217. The summed E-state index contributed by atoms with van der Waals surface area (Å²) in [5, 5.41) is 17.1. The number of rotatable bonds is 4. The molecule has 0 radical (unpaired) electrons. The number of ether oxygens (including phenoxy) is 1. The molecule has 1 aliphatic heterocycles. The van der Waals surface area contributed by atoms with Gasteiger partial charge in [0.05, 0.1) is 12.0 Å². The van der Waals surface area contributed by atoms with E-state index in [1.807, 2.05) is 0 Å². The number of nitro benzene ring substituents is 1. The lowest BCUT2D eigenvalue weighted by Gasteiger charge is -2.30. The normalized spacial score (nSPS) is 21.6. The molecule has 0 aliphatic carbocycles. The molecule has 1 heterocycles. The molecule has 1 aliphatic rings. The number of hydrogen-bond donors (Lipinski definition) is 2. The molecule has 1 amide bonds. The molecule has 7 heteroatoms. The van der Waals surface area contributed by atoms with Gasteiger partial charge in [0, 0.05) is 24.2 Å². The molecular weight excluding hydrogens is 274 g/mol. The molecule has 2 unspecified atom stereocenters. The average molecular weight is 293 g/mol. The Morgan fingerprint density at radius 3 is 2.90 bits per heavy atom. The van der Waals surface area contributed by atoms with Gasteiger partial charge < -0.3 is 15.4 Å². The van der Waals surface area contributed by atoms with Crippen LogP contribution in [0.1, 0.15) is 23.7 Å². The first-order valence-corrected chi connectivity index (χ1v) is 6.87. The van der Waals surface area contributed by atoms with Gasteiger partial charge in [0.2, 0.25) is 0 Å². The Bertz CT molecular complexity index is 547. The zero-order chi connectivity index (χ0) is 15.4. The van der Waals surface area contributed by atoms with Crippen molar-refractivity contribution in [3.63, 3.8) is 0 Å². The molecule has 1 aromatic carbocycles. The van der Waals surface area contributed by atoms with E-state index in [-0.39, 0.29) is 28.9 Å². The second-order valence-electron chi connectivity index (χ2n) is 5.19. The molecule has 2 atom stereocenters. The molecule has 21 heavy (non-hydrogen) atoms. The first-order chi connectivity index (χ1) is 10.0. The zero-order valence-electron chi connectivity index (χ0n) is 12.1. The van der Waals surface area contributed by atoms with Gasteiger partial charge in [-0.25, -0.2) is 0 Å². The number of carbonyl (C=O) groups excluding carboxylic acids is 1. The van der Waals surface area contributed by atoms with E-state index < -0.39 is 4.92 Å². The maximum absolute atomic E-state index is 12.2. The zero-order valence-corrected chi connectivity index (χ0v) is 12.1. The van der Waals surface area contributed by atoms with Gasteiger partial charge in [-0.15, -0.1) is 0 Å². The van der Waals surface area contributed by atoms with Crippen molar-refractivity contribution < 1.29 is 14.5 Å². The van der Waals surface area contributed by atoms with Gasteiger partial charge >= 0.3 is 5.69 Å². The Morgan fingerprint density at radius 1 is 1.52 bits per heavy atom. The van der Waals surface area contributed by atoms with E-state index >= 15 is 0 Å². The third-order valence-electron chi connectivity index (χ3n) is 3.78. The molecule has 2 rings (SSSR count). The Hall–Kier alpha value is -2.15. The number of amides is 1. The van der Waals surface area contributed by atoms with Crippen LogP contribution in [-0.4, -0.2) is 37.1 Å². The minimum atomic E-state index is -0.555. The first kappa shape index (κ1) is 15.2. The van der Waals surface area contributed by atoms with Crippen LogP contribution in [0.4, 0.5) is 5.69 Å². The number of nitrogens with one attached hydrogen (secondary N) is 2. The number of carbonyl (C=O) groups is 1. The summed E-state index contributed by atoms with van der Waals surface area (Å²) in [6.45, 7) is 3.74. The predicted octanol–water partition coefficient (Wildman–Crippen LogP) is 1.33. The van der Waals surface area contributed by atoms with Gasteiger partial charge in [0.15, 0.2) is 5.75 Å². The number of hydrogen-bond acceptors (Lipinski definition) is 5. The maximum atomic E-state index is 12.2. The summed E-state index contributed by atoms with van der Waals surface area (Å²) in [4.78, 5) is 22.7. The van der Waals surface area contributed by atoms with Crippen LogP contribution >= 0.6 is 0 Å². The van der Waals surface area contributed by atoms with E-state index in [2.05, 4.69) is 17.6 Å². The highest BCUT2D eigenvalue weighted by atomic mass is 16.6. The summed E-state index contributed by atoms with van der Waals surface area (Å²) in [7, 11) is 1.36. The van der Waals surface area contributed by atoms with Crippen LogP contribution in [0.5, 0.6) is 5.75 Å². The van der Waals surface area contributed by atoms with Gasteiger partial charge in [-0.1, -0.05) is 6.92 Å². The second kappa shape index (κ2) is 6.53. The molecule has 1 aromatic rings. The largest absolute Gasteiger partial charge is 0.490 e. The van der Waals surface area contributed by atoms with Gasteiger partial charge in [0.1, 0.15) is 0 Å². The van der Waals surface area contributed by atoms with E-state index in [0.29, 0.717) is 12.5 Å². The lowest BCUT2D eigenvalue weighted by Crippen LogP contribution is -2.50. The molecule has 0 bridgehead atoms. The quantitative estimate of drug-likeness (QED) is 0.645. The van der Waals surface area contributed by atoms with Gasteiger partial charge in [-0.05, 0) is 31.0 Å². The molecule has 0 spiro atoms. The van der Waals surface area contributed by atoms with Crippen LogP contribution < -0.4 is 15.4 Å². The predicted molar refractivity (Wildman–Crippen MR) is 77.6 cm³/mol. The second-order valence-corrected chi connectivity index (χ2v) is 5.19. The topological polar surface area (TPSA) is 93.5 Å². The van der Waals surface area contributed by atoms with Crippen molar-refractivity contribution in [1.82, 2.24) is 10.6 Å². The highest BCUT2D eigenvalue weighted by Gasteiger charge is 2.24. The highest BCUT2D eigenvalue weighted by Crippen LogP contribution is 2.27. The molecule has 0 aromatic heterocycles. The fourth-order valence-electron chi connectivity index (χ4n) is 2.41. The van der Waals surface area contributed by atoms with Crippen molar-refractivity contribution in [3.05, 3.63) is 33.9 Å². The monoisotopic (exact) mass is 293 g/mol. The molecule has 0 saturated carbocycles. The fourth-order valence-corrected chi connectivity index (χ4v) is 2.41. The summed E-state index contributed by atoms with van der Waals surface area (Å²) in [5.41, 5.74) is 0.0558. The fraction of sp³-hybridized carbons (Fsp3) is 0.500. The minimum absolute atomic E-state index is 0.0346. The molecule has 7 nitrogen and oxygen atoms in total. The number of nitro groups is 1. The van der Waals surface area contributed by atoms with E-state index in [0.717, 1.165) is 13.0 Å². The number of benzene rings is 1. The minimum Gasteiger partial charge on any atom is -0.490 e. The molecule has 2 N–H and O–H groups in total. The van der Waals surface area contributed by atoms with Gasteiger partial charge in [0.25, 0.3) is 5.91 Å².